The number of nitrogens with one attached hydrogen (secondary N) is 1. The Morgan fingerprint density at radius 1 is 1.32 bits per heavy atom. The Hall–Kier alpha value is -2.17. The third kappa shape index (κ3) is 2.81. The molecule has 5 nitrogen and oxygen atoms in total. The van der Waals surface area contributed by atoms with Crippen molar-refractivity contribution in [2.24, 2.45) is 5.92 Å². The van der Waals surface area contributed by atoms with Gasteiger partial charge in [0.25, 0.3) is 0 Å². The molecule has 0 aliphatic heterocycles. The molecule has 1 aromatic heterocycles. The van der Waals surface area contributed by atoms with E-state index >= 15 is 0 Å². The number of fused-ring (bicyclic) bond motifs is 1. The van der Waals surface area contributed by atoms with Gasteiger partial charge >= 0.3 is 5.97 Å². The van der Waals surface area contributed by atoms with Gasteiger partial charge in [0.15, 0.2) is 0 Å². The molecule has 5 heteroatoms. The summed E-state index contributed by atoms with van der Waals surface area (Å²) < 4.78 is 0. The Morgan fingerprint density at radius 3 is 2.68 bits per heavy atom. The van der Waals surface area contributed by atoms with Crippen LogP contribution < -0.4 is 5.32 Å². The summed E-state index contributed by atoms with van der Waals surface area (Å²) >= 11 is 0. The molecule has 100 valence electrons. The summed E-state index contributed by atoms with van der Waals surface area (Å²) in [5.74, 6) is -0.350. The fourth-order valence-corrected chi connectivity index (χ4v) is 1.95. The third-order valence-electron chi connectivity index (χ3n) is 3.02. The second-order valence-corrected chi connectivity index (χ2v) is 4.95. The molecule has 0 aliphatic rings. The number of aromatic nitrogens is 2. The fraction of sp³-hybridized carbons (Fsp3) is 0.357. The molecule has 1 aromatic carbocycles. The van der Waals surface area contributed by atoms with Crippen molar-refractivity contribution in [3.63, 3.8) is 0 Å². The van der Waals surface area contributed by atoms with Crippen molar-refractivity contribution in [1.29, 1.82) is 0 Å². The Morgan fingerprint density at radius 2 is 2.05 bits per heavy atom. The van der Waals surface area contributed by atoms with Crippen molar-refractivity contribution < 1.29 is 9.90 Å². The van der Waals surface area contributed by atoms with Crippen LogP contribution in [-0.4, -0.2) is 27.1 Å². The van der Waals surface area contributed by atoms with Crippen LogP contribution in [-0.2, 0) is 4.79 Å². The molecule has 0 unspecified atom stereocenters. The third-order valence-corrected chi connectivity index (χ3v) is 3.02. The summed E-state index contributed by atoms with van der Waals surface area (Å²) in [6.45, 7) is 5.70. The van der Waals surface area contributed by atoms with E-state index in [1.54, 1.807) is 0 Å². The monoisotopic (exact) mass is 259 g/mol. The van der Waals surface area contributed by atoms with Crippen LogP contribution >= 0.6 is 0 Å². The SMILES string of the molecule is Cc1ccc2ncnc(N[C@H](C(=O)O)C(C)C)c2c1. The summed E-state index contributed by atoms with van der Waals surface area (Å²) in [4.78, 5) is 19.6. The molecule has 0 spiro atoms. The van der Waals surface area contributed by atoms with Crippen LogP contribution in [0.5, 0.6) is 0 Å². The zero-order valence-electron chi connectivity index (χ0n) is 11.2. The van der Waals surface area contributed by atoms with Gasteiger partial charge in [-0.3, -0.25) is 0 Å². The molecule has 0 amide bonds. The predicted octanol–water partition coefficient (Wildman–Crippen LogP) is 2.46. The van der Waals surface area contributed by atoms with Crippen molar-refractivity contribution in [2.45, 2.75) is 26.8 Å². The molecule has 0 aliphatic carbocycles. The maximum Gasteiger partial charge on any atom is 0.326 e. The van der Waals surface area contributed by atoms with Gasteiger partial charge in [-0.2, -0.15) is 0 Å². The van der Waals surface area contributed by atoms with Gasteiger partial charge in [-0.1, -0.05) is 25.5 Å². The fourth-order valence-electron chi connectivity index (χ4n) is 1.95. The predicted molar refractivity (Wildman–Crippen MR) is 74.2 cm³/mol. The van der Waals surface area contributed by atoms with Crippen LogP contribution in [0.3, 0.4) is 0 Å². The number of aryl methyl sites for hydroxylation is 1. The van der Waals surface area contributed by atoms with Gasteiger partial charge in [0.2, 0.25) is 0 Å². The number of nitrogens with zero attached hydrogens (tertiary/aromatic N) is 2. The largest absolute Gasteiger partial charge is 0.480 e. The highest BCUT2D eigenvalue weighted by Crippen LogP contribution is 2.22. The highest BCUT2D eigenvalue weighted by atomic mass is 16.4. The molecule has 1 atom stereocenters. The molecule has 0 bridgehead atoms. The van der Waals surface area contributed by atoms with Crippen LogP contribution in [0.15, 0.2) is 24.5 Å². The highest BCUT2D eigenvalue weighted by Gasteiger charge is 2.22. The second-order valence-electron chi connectivity index (χ2n) is 4.95. The highest BCUT2D eigenvalue weighted by molar-refractivity contribution is 5.91. The summed E-state index contributed by atoms with van der Waals surface area (Å²) in [7, 11) is 0. The lowest BCUT2D eigenvalue weighted by Gasteiger charge is -2.19. The van der Waals surface area contributed by atoms with Crippen molar-refractivity contribution >= 4 is 22.7 Å². The first kappa shape index (κ1) is 13.3. The molecular weight excluding hydrogens is 242 g/mol. The molecular formula is C14H17N3O2. The Balaban J connectivity index is 2.44. The van der Waals surface area contributed by atoms with Crippen LogP contribution in [0.25, 0.3) is 10.9 Å². The number of carboxylic acid groups (broad SMARTS) is 1. The van der Waals surface area contributed by atoms with Crippen molar-refractivity contribution in [3.8, 4) is 0 Å². The maximum atomic E-state index is 11.2. The van der Waals surface area contributed by atoms with Crippen molar-refractivity contribution in [3.05, 3.63) is 30.1 Å². The first-order valence-corrected chi connectivity index (χ1v) is 6.19. The average molecular weight is 259 g/mol. The first-order valence-electron chi connectivity index (χ1n) is 6.19. The van der Waals surface area contributed by atoms with Gasteiger partial charge in [0.1, 0.15) is 18.2 Å². The van der Waals surface area contributed by atoms with E-state index in [0.29, 0.717) is 5.82 Å². The van der Waals surface area contributed by atoms with E-state index in [1.807, 2.05) is 39.0 Å². The van der Waals surface area contributed by atoms with E-state index in [-0.39, 0.29) is 5.92 Å². The lowest BCUT2D eigenvalue weighted by atomic mass is 10.0. The minimum Gasteiger partial charge on any atom is -0.480 e. The number of anilines is 1. The van der Waals surface area contributed by atoms with Gasteiger partial charge in [-0.25, -0.2) is 14.8 Å². The zero-order valence-corrected chi connectivity index (χ0v) is 11.2. The zero-order chi connectivity index (χ0) is 14.0. The van der Waals surface area contributed by atoms with E-state index in [4.69, 9.17) is 0 Å². The summed E-state index contributed by atoms with van der Waals surface area (Å²) in [5.41, 5.74) is 1.89. The number of carbonyl (C=O) groups is 1. The molecule has 0 fully saturated rings. The molecule has 2 rings (SSSR count). The van der Waals surface area contributed by atoms with Gasteiger partial charge in [-0.05, 0) is 25.0 Å². The lowest BCUT2D eigenvalue weighted by Crippen LogP contribution is -2.34. The van der Waals surface area contributed by atoms with Crippen LogP contribution in [0, 0.1) is 12.8 Å². The molecule has 0 saturated heterocycles. The van der Waals surface area contributed by atoms with Gasteiger partial charge in [-0.15, -0.1) is 0 Å². The minimum absolute atomic E-state index is 0.0349. The Labute approximate surface area is 111 Å². The summed E-state index contributed by atoms with van der Waals surface area (Å²) in [5, 5.41) is 13.1. The molecule has 0 radical (unpaired) electrons. The van der Waals surface area contributed by atoms with Crippen LogP contribution in [0.1, 0.15) is 19.4 Å². The minimum atomic E-state index is -0.880. The van der Waals surface area contributed by atoms with E-state index < -0.39 is 12.0 Å². The number of benzene rings is 1. The topological polar surface area (TPSA) is 75.1 Å². The van der Waals surface area contributed by atoms with Crippen LogP contribution in [0.4, 0.5) is 5.82 Å². The summed E-state index contributed by atoms with van der Waals surface area (Å²) in [6, 6.07) is 5.16. The molecule has 19 heavy (non-hydrogen) atoms. The van der Waals surface area contributed by atoms with Gasteiger partial charge < -0.3 is 10.4 Å². The Bertz CT molecular complexity index is 611. The number of hydrogen-bond donors (Lipinski definition) is 2. The van der Waals surface area contributed by atoms with Gasteiger partial charge in [0.05, 0.1) is 5.52 Å². The number of aliphatic carboxylic acids is 1. The van der Waals surface area contributed by atoms with Crippen molar-refractivity contribution in [1.82, 2.24) is 9.97 Å². The molecule has 2 N–H and O–H groups in total. The van der Waals surface area contributed by atoms with Crippen molar-refractivity contribution in [2.75, 3.05) is 5.32 Å². The van der Waals surface area contributed by atoms with E-state index in [9.17, 15) is 9.90 Å². The molecule has 2 aromatic rings. The Kier molecular flexibility index (Phi) is 3.64. The number of carboxylic acids is 1. The van der Waals surface area contributed by atoms with Gasteiger partial charge in [0, 0.05) is 5.39 Å². The number of rotatable bonds is 4. The normalized spacial score (nSPS) is 12.6. The van der Waals surface area contributed by atoms with Crippen LogP contribution in [0.2, 0.25) is 0 Å². The van der Waals surface area contributed by atoms with E-state index in [2.05, 4.69) is 15.3 Å². The summed E-state index contributed by atoms with van der Waals surface area (Å²) in [6.07, 6.45) is 1.44. The van der Waals surface area contributed by atoms with E-state index in [1.165, 1.54) is 6.33 Å². The second kappa shape index (κ2) is 5.22. The first-order chi connectivity index (χ1) is 8.99. The lowest BCUT2D eigenvalue weighted by molar-refractivity contribution is -0.138. The smallest absolute Gasteiger partial charge is 0.326 e. The average Bonchev–Trinajstić information content (AvgIpc) is 2.35. The van der Waals surface area contributed by atoms with E-state index in [0.717, 1.165) is 16.5 Å². The maximum absolute atomic E-state index is 11.2. The quantitative estimate of drug-likeness (QED) is 0.882. The standard InChI is InChI=1S/C14H17N3O2/c1-8(2)12(14(18)19)17-13-10-6-9(3)4-5-11(10)15-7-16-13/h4-8,12H,1-3H3,(H,18,19)(H,15,16,17)/t12-/m0/s1. The molecule has 1 heterocycles. The number of hydrogen-bond acceptors (Lipinski definition) is 4. The molecule has 0 saturated carbocycles.